The molecule has 2 rings (SSSR count). The van der Waals surface area contributed by atoms with E-state index in [-0.39, 0.29) is 16.7 Å². The molecule has 0 aliphatic carbocycles. The lowest BCUT2D eigenvalue weighted by molar-refractivity contribution is -0.134. The summed E-state index contributed by atoms with van der Waals surface area (Å²) in [5.41, 5.74) is 0.997. The van der Waals surface area contributed by atoms with Crippen molar-refractivity contribution in [2.75, 3.05) is 7.05 Å². The Bertz CT molecular complexity index is 539. The summed E-state index contributed by atoms with van der Waals surface area (Å²) in [6.07, 6.45) is 0. The molecule has 0 aromatic heterocycles. The Morgan fingerprint density at radius 1 is 0.895 bits per heavy atom. The maximum absolute atomic E-state index is 12.4. The first-order valence-corrected chi connectivity index (χ1v) is 6.46. The first kappa shape index (κ1) is 13.8. The summed E-state index contributed by atoms with van der Waals surface area (Å²) in [4.78, 5) is 26.2. The van der Waals surface area contributed by atoms with E-state index < -0.39 is 5.97 Å². The second-order valence-corrected chi connectivity index (χ2v) is 7.18. The zero-order valence-corrected chi connectivity index (χ0v) is 12.7. The van der Waals surface area contributed by atoms with Crippen LogP contribution in [0, 0.1) is 10.8 Å². The summed E-state index contributed by atoms with van der Waals surface area (Å²) in [7, 11) is 1.72. The summed E-state index contributed by atoms with van der Waals surface area (Å²) < 4.78 is 5.37. The van der Waals surface area contributed by atoms with Gasteiger partial charge in [-0.05, 0) is 0 Å². The fourth-order valence-corrected chi connectivity index (χ4v) is 2.67. The van der Waals surface area contributed by atoms with Gasteiger partial charge >= 0.3 is 5.97 Å². The van der Waals surface area contributed by atoms with Crippen LogP contribution in [0.3, 0.4) is 0 Å². The van der Waals surface area contributed by atoms with Crippen molar-refractivity contribution in [3.8, 4) is 0 Å². The van der Waals surface area contributed by atoms with Crippen LogP contribution in [0.5, 0.6) is 0 Å². The summed E-state index contributed by atoms with van der Waals surface area (Å²) in [6.45, 7) is 11.8. The molecule has 0 saturated heterocycles. The minimum absolute atomic E-state index is 0.143. The topological polar surface area (TPSA) is 46.6 Å². The largest absolute Gasteiger partial charge is 0.426 e. The average molecular weight is 263 g/mol. The molecule has 104 valence electrons. The molecule has 0 fully saturated rings. The molecule has 0 atom stereocenters. The van der Waals surface area contributed by atoms with Crippen molar-refractivity contribution in [2.24, 2.45) is 10.8 Å². The number of esters is 1. The summed E-state index contributed by atoms with van der Waals surface area (Å²) in [5.74, 6) is -0.0538. The van der Waals surface area contributed by atoms with Crippen molar-refractivity contribution in [1.29, 1.82) is 0 Å². The van der Waals surface area contributed by atoms with Gasteiger partial charge in [0.1, 0.15) is 5.76 Å². The zero-order chi connectivity index (χ0) is 14.7. The van der Waals surface area contributed by atoms with Crippen LogP contribution in [0.1, 0.15) is 41.5 Å². The quantitative estimate of drug-likeness (QED) is 0.631. The number of hydrogen-bond acceptors (Lipinski definition) is 3. The van der Waals surface area contributed by atoms with Crippen molar-refractivity contribution in [3.63, 3.8) is 0 Å². The Kier molecular flexibility index (Phi) is 2.71. The minimum atomic E-state index is -0.400. The average Bonchev–Trinajstić information content (AvgIpc) is 2.65. The van der Waals surface area contributed by atoms with Gasteiger partial charge in [-0.25, -0.2) is 4.79 Å². The van der Waals surface area contributed by atoms with Crippen molar-refractivity contribution in [1.82, 2.24) is 4.90 Å². The smallest absolute Gasteiger partial charge is 0.346 e. The molecule has 0 bridgehead atoms. The maximum atomic E-state index is 12.4. The normalized spacial score (nSPS) is 20.5. The Hall–Kier alpha value is -1.58. The maximum Gasteiger partial charge on any atom is 0.346 e. The number of cyclic esters (lactones) is 1. The van der Waals surface area contributed by atoms with Gasteiger partial charge in [-0.3, -0.25) is 4.79 Å². The number of hydrogen-bond donors (Lipinski definition) is 0. The number of amides is 1. The second-order valence-electron chi connectivity index (χ2n) is 7.18. The van der Waals surface area contributed by atoms with Crippen LogP contribution < -0.4 is 0 Å². The van der Waals surface area contributed by atoms with E-state index in [1.807, 2.05) is 41.5 Å². The van der Waals surface area contributed by atoms with Gasteiger partial charge in [-0.2, -0.15) is 0 Å². The van der Waals surface area contributed by atoms with E-state index in [0.717, 1.165) is 5.70 Å². The SMILES string of the molecule is CN1C(=O)C2=C(C(C)(C)C)OC(=O)C2=C1C(C)(C)C. The molecule has 0 N–H and O–H groups in total. The molecule has 0 aromatic rings. The van der Waals surface area contributed by atoms with Crippen molar-refractivity contribution < 1.29 is 14.3 Å². The molecule has 2 heterocycles. The van der Waals surface area contributed by atoms with E-state index in [9.17, 15) is 9.59 Å². The highest BCUT2D eigenvalue weighted by Crippen LogP contribution is 2.47. The van der Waals surface area contributed by atoms with E-state index in [2.05, 4.69) is 0 Å². The van der Waals surface area contributed by atoms with Crippen molar-refractivity contribution in [2.45, 2.75) is 41.5 Å². The number of fused-ring (bicyclic) bond motifs is 1. The van der Waals surface area contributed by atoms with Gasteiger partial charge in [0.15, 0.2) is 0 Å². The molecule has 1 amide bonds. The number of rotatable bonds is 0. The standard InChI is InChI=1S/C15H21NO3/c1-14(2,3)10-8-9(12(17)16(10)7)11(15(4,5)6)19-13(8)18/h1-7H3. The third-order valence-electron chi connectivity index (χ3n) is 3.36. The van der Waals surface area contributed by atoms with Crippen LogP contribution in [0.2, 0.25) is 0 Å². The molecule has 0 spiro atoms. The fourth-order valence-electron chi connectivity index (χ4n) is 2.67. The van der Waals surface area contributed by atoms with Crippen molar-refractivity contribution in [3.05, 3.63) is 22.6 Å². The van der Waals surface area contributed by atoms with Gasteiger partial charge < -0.3 is 9.64 Å². The van der Waals surface area contributed by atoms with Crippen LogP contribution in [0.4, 0.5) is 0 Å². The molecular formula is C15H21NO3. The molecule has 2 aliphatic rings. The molecular weight excluding hydrogens is 242 g/mol. The summed E-state index contributed by atoms with van der Waals surface area (Å²) >= 11 is 0. The van der Waals surface area contributed by atoms with Crippen LogP contribution in [0.25, 0.3) is 0 Å². The molecule has 0 aromatic carbocycles. The van der Waals surface area contributed by atoms with Crippen LogP contribution >= 0.6 is 0 Å². The lowest BCUT2D eigenvalue weighted by atomic mass is 9.86. The molecule has 0 unspecified atom stereocenters. The molecule has 0 saturated carbocycles. The highest BCUT2D eigenvalue weighted by atomic mass is 16.5. The van der Waals surface area contributed by atoms with Gasteiger partial charge in [0.2, 0.25) is 0 Å². The number of allylic oxidation sites excluding steroid dienone is 2. The van der Waals surface area contributed by atoms with E-state index in [1.54, 1.807) is 11.9 Å². The van der Waals surface area contributed by atoms with Gasteiger partial charge in [-0.1, -0.05) is 41.5 Å². The molecule has 4 heteroatoms. The summed E-state index contributed by atoms with van der Waals surface area (Å²) in [6, 6.07) is 0. The van der Waals surface area contributed by atoms with E-state index >= 15 is 0 Å². The van der Waals surface area contributed by atoms with E-state index in [4.69, 9.17) is 4.74 Å². The third-order valence-corrected chi connectivity index (χ3v) is 3.36. The van der Waals surface area contributed by atoms with Gasteiger partial charge in [0.05, 0.1) is 11.1 Å². The predicted molar refractivity (Wildman–Crippen MR) is 71.8 cm³/mol. The fraction of sp³-hybridized carbons (Fsp3) is 0.600. The zero-order valence-electron chi connectivity index (χ0n) is 12.7. The monoisotopic (exact) mass is 263 g/mol. The van der Waals surface area contributed by atoms with Gasteiger partial charge in [0, 0.05) is 23.6 Å². The molecule has 19 heavy (non-hydrogen) atoms. The molecule has 0 radical (unpaired) electrons. The highest BCUT2D eigenvalue weighted by Gasteiger charge is 2.50. The van der Waals surface area contributed by atoms with Crippen LogP contribution in [0.15, 0.2) is 22.6 Å². The van der Waals surface area contributed by atoms with Gasteiger partial charge in [0.25, 0.3) is 5.91 Å². The lowest BCUT2D eigenvalue weighted by Gasteiger charge is -2.27. The first-order valence-electron chi connectivity index (χ1n) is 6.46. The van der Waals surface area contributed by atoms with E-state index in [0.29, 0.717) is 16.9 Å². The van der Waals surface area contributed by atoms with Gasteiger partial charge in [-0.15, -0.1) is 0 Å². The Morgan fingerprint density at radius 2 is 1.42 bits per heavy atom. The lowest BCUT2D eigenvalue weighted by Crippen LogP contribution is -2.29. The highest BCUT2D eigenvalue weighted by molar-refractivity contribution is 6.17. The minimum Gasteiger partial charge on any atom is -0.426 e. The van der Waals surface area contributed by atoms with Crippen molar-refractivity contribution >= 4 is 11.9 Å². The number of carbonyl (C=O) groups excluding carboxylic acids is 2. The van der Waals surface area contributed by atoms with E-state index in [1.165, 1.54) is 0 Å². The second kappa shape index (κ2) is 3.71. The number of carbonyl (C=O) groups is 2. The van der Waals surface area contributed by atoms with Crippen LogP contribution in [-0.4, -0.2) is 23.8 Å². The first-order chi connectivity index (χ1) is 8.46. The number of ether oxygens (including phenoxy) is 1. The molecule has 4 nitrogen and oxygen atoms in total. The number of nitrogens with zero attached hydrogens (tertiary/aromatic N) is 1. The Balaban J connectivity index is 2.75. The van der Waals surface area contributed by atoms with Crippen LogP contribution in [-0.2, 0) is 14.3 Å². The summed E-state index contributed by atoms with van der Waals surface area (Å²) in [5, 5.41) is 0. The number of likely N-dealkylation sites (N-methyl/N-ethyl adjacent to an activating group) is 1. The Labute approximate surface area is 114 Å². The molecule has 2 aliphatic heterocycles. The Morgan fingerprint density at radius 3 is 1.84 bits per heavy atom. The predicted octanol–water partition coefficient (Wildman–Crippen LogP) is 2.62. The third kappa shape index (κ3) is 1.90.